The summed E-state index contributed by atoms with van der Waals surface area (Å²) in [6.07, 6.45) is 0.492. The average Bonchev–Trinajstić information content (AvgIpc) is 2.60. The second kappa shape index (κ2) is 7.08. The van der Waals surface area contributed by atoms with Crippen LogP contribution in [0.25, 0.3) is 10.9 Å². The first-order chi connectivity index (χ1) is 11.7. The highest BCUT2D eigenvalue weighted by Crippen LogP contribution is 2.29. The fourth-order valence-corrected chi connectivity index (χ4v) is 2.93. The summed E-state index contributed by atoms with van der Waals surface area (Å²) in [4.78, 5) is 15.5. The number of rotatable bonds is 6. The fraction of sp³-hybridized carbons (Fsp3) is 0.211. The Morgan fingerprint density at radius 2 is 1.83 bits per heavy atom. The number of para-hydroxylation sites is 2. The Kier molecular flexibility index (Phi) is 4.70. The Morgan fingerprint density at radius 3 is 2.62 bits per heavy atom. The van der Waals surface area contributed by atoms with Crippen LogP contribution in [0.2, 0.25) is 0 Å². The minimum Gasteiger partial charge on any atom is -0.496 e. The lowest BCUT2D eigenvalue weighted by Crippen LogP contribution is -2.16. The molecule has 0 aliphatic carbocycles. The molecule has 0 aliphatic heterocycles. The molecule has 0 radical (unpaired) electrons. The van der Waals surface area contributed by atoms with E-state index in [0.717, 1.165) is 22.2 Å². The van der Waals surface area contributed by atoms with Crippen LogP contribution in [0.5, 0.6) is 5.75 Å². The van der Waals surface area contributed by atoms with Crippen LogP contribution >= 0.6 is 0 Å². The topological polar surface area (TPSA) is 65.3 Å². The van der Waals surface area contributed by atoms with Crippen molar-refractivity contribution in [2.24, 2.45) is 0 Å². The normalized spacial score (nSPS) is 12.0. The molecule has 1 heterocycles. The third kappa shape index (κ3) is 3.51. The molecule has 2 aromatic carbocycles. The lowest BCUT2D eigenvalue weighted by molar-refractivity contribution is -0.483. The van der Waals surface area contributed by atoms with E-state index in [0.29, 0.717) is 12.2 Å². The minimum absolute atomic E-state index is 0.158. The second-order valence-electron chi connectivity index (χ2n) is 5.65. The van der Waals surface area contributed by atoms with Gasteiger partial charge in [-0.05, 0) is 18.2 Å². The monoisotopic (exact) mass is 322 g/mol. The van der Waals surface area contributed by atoms with Crippen LogP contribution in [0.1, 0.15) is 17.2 Å². The lowest BCUT2D eigenvalue weighted by atomic mass is 9.93. The quantitative estimate of drug-likeness (QED) is 0.511. The van der Waals surface area contributed by atoms with Crippen molar-refractivity contribution in [3.05, 3.63) is 82.0 Å². The van der Waals surface area contributed by atoms with Crippen molar-refractivity contribution in [1.82, 2.24) is 4.98 Å². The number of hydrogen-bond donors (Lipinski definition) is 0. The van der Waals surface area contributed by atoms with Crippen molar-refractivity contribution in [1.29, 1.82) is 0 Å². The number of benzene rings is 2. The third-order valence-electron chi connectivity index (χ3n) is 4.06. The van der Waals surface area contributed by atoms with E-state index in [4.69, 9.17) is 4.74 Å². The standard InChI is InChI=1S/C19H18N2O3/c1-24-19-9-5-3-7-17(19)15(13-21(22)23)12-16-11-10-14-6-2-4-8-18(14)20-16/h2-11,15H,12-13H2,1H3. The predicted octanol–water partition coefficient (Wildman–Crippen LogP) is 3.85. The summed E-state index contributed by atoms with van der Waals surface area (Å²) in [5.74, 6) is 0.384. The molecule has 0 amide bonds. The molecule has 5 nitrogen and oxygen atoms in total. The molecule has 122 valence electrons. The molecule has 0 spiro atoms. The van der Waals surface area contributed by atoms with Gasteiger partial charge in [-0.15, -0.1) is 0 Å². The van der Waals surface area contributed by atoms with Crippen LogP contribution in [0.4, 0.5) is 0 Å². The zero-order chi connectivity index (χ0) is 16.9. The van der Waals surface area contributed by atoms with E-state index in [9.17, 15) is 10.1 Å². The van der Waals surface area contributed by atoms with Gasteiger partial charge in [0.25, 0.3) is 0 Å². The van der Waals surface area contributed by atoms with E-state index < -0.39 is 0 Å². The van der Waals surface area contributed by atoms with Crippen molar-refractivity contribution in [2.75, 3.05) is 13.7 Å². The molecule has 24 heavy (non-hydrogen) atoms. The summed E-state index contributed by atoms with van der Waals surface area (Å²) >= 11 is 0. The highest BCUT2D eigenvalue weighted by Gasteiger charge is 2.22. The largest absolute Gasteiger partial charge is 0.496 e. The Morgan fingerprint density at radius 1 is 1.08 bits per heavy atom. The first-order valence-electron chi connectivity index (χ1n) is 7.77. The molecule has 0 N–H and O–H groups in total. The maximum absolute atomic E-state index is 11.1. The van der Waals surface area contributed by atoms with Gasteiger partial charge in [-0.2, -0.15) is 0 Å². The number of hydrogen-bond acceptors (Lipinski definition) is 4. The van der Waals surface area contributed by atoms with Crippen LogP contribution in [0.3, 0.4) is 0 Å². The Bertz CT molecular complexity index is 864. The molecular weight excluding hydrogens is 304 g/mol. The highest BCUT2D eigenvalue weighted by atomic mass is 16.6. The van der Waals surface area contributed by atoms with Crippen LogP contribution < -0.4 is 4.74 Å². The number of fused-ring (bicyclic) bond motifs is 1. The highest BCUT2D eigenvalue weighted by molar-refractivity contribution is 5.78. The molecule has 1 unspecified atom stereocenters. The number of ether oxygens (including phenoxy) is 1. The van der Waals surface area contributed by atoms with E-state index >= 15 is 0 Å². The summed E-state index contributed by atoms with van der Waals surface area (Å²) in [6, 6.07) is 19.2. The number of nitro groups is 1. The van der Waals surface area contributed by atoms with Crippen LogP contribution in [0.15, 0.2) is 60.7 Å². The SMILES string of the molecule is COc1ccccc1C(Cc1ccc2ccccc2n1)C[N+](=O)[O-]. The second-order valence-corrected chi connectivity index (χ2v) is 5.65. The average molecular weight is 322 g/mol. The maximum atomic E-state index is 11.1. The van der Waals surface area contributed by atoms with Gasteiger partial charge in [-0.1, -0.05) is 42.5 Å². The summed E-state index contributed by atoms with van der Waals surface area (Å²) in [5.41, 5.74) is 2.58. The fourth-order valence-electron chi connectivity index (χ4n) is 2.93. The molecular formula is C19H18N2O3. The molecule has 3 aromatic rings. The van der Waals surface area contributed by atoms with Gasteiger partial charge in [0.05, 0.1) is 18.5 Å². The first kappa shape index (κ1) is 15.9. The summed E-state index contributed by atoms with van der Waals surface area (Å²) in [6.45, 7) is -0.158. The van der Waals surface area contributed by atoms with Gasteiger partial charge in [0.2, 0.25) is 6.54 Å². The number of methoxy groups -OCH3 is 1. The molecule has 0 aliphatic rings. The van der Waals surface area contributed by atoms with Gasteiger partial charge in [-0.3, -0.25) is 15.1 Å². The molecule has 0 bridgehead atoms. The molecule has 3 rings (SSSR count). The van der Waals surface area contributed by atoms with Gasteiger partial charge < -0.3 is 4.74 Å². The van der Waals surface area contributed by atoms with E-state index in [1.165, 1.54) is 0 Å². The van der Waals surface area contributed by atoms with Gasteiger partial charge in [0.15, 0.2) is 0 Å². The molecule has 1 aromatic heterocycles. The van der Waals surface area contributed by atoms with Crippen molar-refractivity contribution in [3.63, 3.8) is 0 Å². The number of nitrogens with zero attached hydrogens (tertiary/aromatic N) is 2. The molecule has 0 saturated carbocycles. The Labute approximate surface area is 140 Å². The number of pyridine rings is 1. The van der Waals surface area contributed by atoms with Crippen LogP contribution in [-0.2, 0) is 6.42 Å². The smallest absolute Gasteiger partial charge is 0.211 e. The molecule has 0 fully saturated rings. The van der Waals surface area contributed by atoms with Crippen molar-refractivity contribution in [2.45, 2.75) is 12.3 Å². The van der Waals surface area contributed by atoms with Gasteiger partial charge in [-0.25, -0.2) is 0 Å². The zero-order valence-corrected chi connectivity index (χ0v) is 13.4. The van der Waals surface area contributed by atoms with E-state index in [-0.39, 0.29) is 17.4 Å². The molecule has 5 heteroatoms. The van der Waals surface area contributed by atoms with E-state index in [2.05, 4.69) is 4.98 Å². The van der Waals surface area contributed by atoms with E-state index in [1.54, 1.807) is 7.11 Å². The van der Waals surface area contributed by atoms with Crippen molar-refractivity contribution in [3.8, 4) is 5.75 Å². The zero-order valence-electron chi connectivity index (χ0n) is 13.4. The minimum atomic E-state index is -0.287. The molecule has 1 atom stereocenters. The maximum Gasteiger partial charge on any atom is 0.211 e. The Hall–Kier alpha value is -2.95. The van der Waals surface area contributed by atoms with Crippen molar-refractivity contribution < 1.29 is 9.66 Å². The van der Waals surface area contributed by atoms with Crippen LogP contribution in [0, 0.1) is 10.1 Å². The van der Waals surface area contributed by atoms with Gasteiger partial charge >= 0.3 is 0 Å². The van der Waals surface area contributed by atoms with E-state index in [1.807, 2.05) is 60.7 Å². The lowest BCUT2D eigenvalue weighted by Gasteiger charge is -2.16. The molecule has 0 saturated heterocycles. The summed E-state index contributed by atoms with van der Waals surface area (Å²) in [7, 11) is 1.58. The van der Waals surface area contributed by atoms with Crippen molar-refractivity contribution >= 4 is 10.9 Å². The first-order valence-corrected chi connectivity index (χ1v) is 7.77. The summed E-state index contributed by atoms with van der Waals surface area (Å²) in [5, 5.41) is 12.2. The number of aromatic nitrogens is 1. The van der Waals surface area contributed by atoms with Crippen LogP contribution in [-0.4, -0.2) is 23.6 Å². The van der Waals surface area contributed by atoms with Gasteiger partial charge in [0.1, 0.15) is 5.75 Å². The third-order valence-corrected chi connectivity index (χ3v) is 4.06. The predicted molar refractivity (Wildman–Crippen MR) is 93.0 cm³/mol. The summed E-state index contributed by atoms with van der Waals surface area (Å²) < 4.78 is 5.37. The Balaban J connectivity index is 1.95. The van der Waals surface area contributed by atoms with Gasteiger partial charge in [0, 0.05) is 28.0 Å².